The van der Waals surface area contributed by atoms with E-state index in [9.17, 15) is 20.1 Å². The van der Waals surface area contributed by atoms with Crippen LogP contribution in [0.15, 0.2) is 30.3 Å². The number of hydrogen-bond donors (Lipinski definition) is 3. The fraction of sp³-hybridized carbons (Fsp3) is 0.462. The van der Waals surface area contributed by atoms with Crippen LogP contribution in [0.3, 0.4) is 0 Å². The van der Waals surface area contributed by atoms with Gasteiger partial charge in [0, 0.05) is 12.0 Å². The van der Waals surface area contributed by atoms with Gasteiger partial charge < -0.3 is 20.1 Å². The summed E-state index contributed by atoms with van der Waals surface area (Å²) in [4.78, 5) is 11.9. The molecule has 1 aromatic rings. The van der Waals surface area contributed by atoms with Crippen LogP contribution in [0.4, 0.5) is 0 Å². The van der Waals surface area contributed by atoms with Gasteiger partial charge in [-0.1, -0.05) is 30.3 Å². The molecule has 3 N–H and O–H groups in total. The highest BCUT2D eigenvalue weighted by Gasteiger charge is 2.38. The summed E-state index contributed by atoms with van der Waals surface area (Å²) in [6.45, 7) is -0.0784. The quantitative estimate of drug-likeness (QED) is 0.645. The summed E-state index contributed by atoms with van der Waals surface area (Å²) in [5, 5.41) is 28.5. The fourth-order valence-corrected chi connectivity index (χ4v) is 1.97. The summed E-state index contributed by atoms with van der Waals surface area (Å²) in [7, 11) is 0. The van der Waals surface area contributed by atoms with Crippen LogP contribution in [0.25, 0.3) is 0 Å². The lowest BCUT2D eigenvalue weighted by molar-refractivity contribution is -0.185. The Kier molecular flexibility index (Phi) is 4.08. The first-order valence-corrected chi connectivity index (χ1v) is 5.83. The Hall–Kier alpha value is -1.27. The van der Waals surface area contributed by atoms with Crippen molar-refractivity contribution < 1.29 is 24.9 Å². The normalized spacial score (nSPS) is 32.2. The number of aliphatic hydroxyl groups excluding tert-OH is 3. The van der Waals surface area contributed by atoms with Gasteiger partial charge in [0.25, 0.3) is 0 Å². The summed E-state index contributed by atoms with van der Waals surface area (Å²) in [6.07, 6.45) is -4.43. The minimum Gasteiger partial charge on any atom is -0.388 e. The monoisotopic (exact) mass is 252 g/mol. The van der Waals surface area contributed by atoms with Gasteiger partial charge in [-0.15, -0.1) is 0 Å². The van der Waals surface area contributed by atoms with Crippen molar-refractivity contribution in [1.29, 1.82) is 0 Å². The highest BCUT2D eigenvalue weighted by Crippen LogP contribution is 2.19. The maximum Gasteiger partial charge on any atom is 0.165 e. The van der Waals surface area contributed by atoms with Gasteiger partial charge in [0.1, 0.15) is 18.3 Å². The number of benzene rings is 1. The lowest BCUT2D eigenvalue weighted by Gasteiger charge is -2.34. The topological polar surface area (TPSA) is 87.0 Å². The summed E-state index contributed by atoms with van der Waals surface area (Å²) in [6, 6.07) is 8.68. The second-order valence-corrected chi connectivity index (χ2v) is 4.41. The first-order valence-electron chi connectivity index (χ1n) is 5.83. The van der Waals surface area contributed by atoms with Crippen molar-refractivity contribution in [2.75, 3.05) is 6.61 Å². The van der Waals surface area contributed by atoms with E-state index in [1.54, 1.807) is 24.3 Å². The van der Waals surface area contributed by atoms with Crippen LogP contribution in [0.1, 0.15) is 16.8 Å². The van der Waals surface area contributed by atoms with E-state index < -0.39 is 24.4 Å². The van der Waals surface area contributed by atoms with E-state index in [4.69, 9.17) is 4.74 Å². The third-order valence-electron chi connectivity index (χ3n) is 3.09. The molecule has 0 aromatic heterocycles. The highest BCUT2D eigenvalue weighted by atomic mass is 16.5. The highest BCUT2D eigenvalue weighted by molar-refractivity contribution is 5.96. The summed E-state index contributed by atoms with van der Waals surface area (Å²) in [5.41, 5.74) is 0.536. The minimum absolute atomic E-state index is 0.0189. The molecule has 0 saturated carbocycles. The Morgan fingerprint density at radius 3 is 2.50 bits per heavy atom. The number of Topliss-reactive ketones (excluding diaryl/α,β-unsaturated/α-hetero) is 1. The summed E-state index contributed by atoms with van der Waals surface area (Å²) >= 11 is 0. The average molecular weight is 252 g/mol. The van der Waals surface area contributed by atoms with Crippen molar-refractivity contribution in [1.82, 2.24) is 0 Å². The number of aliphatic hydroxyl groups is 3. The molecule has 4 atom stereocenters. The van der Waals surface area contributed by atoms with Crippen molar-refractivity contribution in [3.05, 3.63) is 35.9 Å². The van der Waals surface area contributed by atoms with Gasteiger partial charge >= 0.3 is 0 Å². The molecule has 1 saturated heterocycles. The molecule has 1 aromatic carbocycles. The molecular formula is C13H16O5. The third-order valence-corrected chi connectivity index (χ3v) is 3.09. The van der Waals surface area contributed by atoms with Crippen LogP contribution in [-0.2, 0) is 4.74 Å². The number of ketones is 1. The Balaban J connectivity index is 2.00. The smallest absolute Gasteiger partial charge is 0.165 e. The van der Waals surface area contributed by atoms with Crippen molar-refractivity contribution in [3.63, 3.8) is 0 Å². The van der Waals surface area contributed by atoms with Crippen LogP contribution in [0.5, 0.6) is 0 Å². The zero-order valence-corrected chi connectivity index (χ0v) is 9.77. The average Bonchev–Trinajstić information content (AvgIpc) is 2.40. The molecular weight excluding hydrogens is 236 g/mol. The van der Waals surface area contributed by atoms with E-state index in [0.717, 1.165) is 0 Å². The van der Waals surface area contributed by atoms with Crippen LogP contribution in [-0.4, -0.2) is 52.1 Å². The van der Waals surface area contributed by atoms with Gasteiger partial charge in [0.15, 0.2) is 5.78 Å². The zero-order chi connectivity index (χ0) is 13.1. The molecule has 0 spiro atoms. The van der Waals surface area contributed by atoms with Crippen molar-refractivity contribution >= 4 is 5.78 Å². The van der Waals surface area contributed by atoms with E-state index in [2.05, 4.69) is 0 Å². The van der Waals surface area contributed by atoms with Crippen LogP contribution < -0.4 is 0 Å². The van der Waals surface area contributed by atoms with E-state index in [0.29, 0.717) is 5.56 Å². The molecule has 0 bridgehead atoms. The van der Waals surface area contributed by atoms with Gasteiger partial charge in [-0.3, -0.25) is 4.79 Å². The number of carbonyl (C=O) groups is 1. The lowest BCUT2D eigenvalue weighted by atomic mass is 9.94. The first-order chi connectivity index (χ1) is 8.59. The molecule has 0 amide bonds. The summed E-state index contributed by atoms with van der Waals surface area (Å²) in [5.74, 6) is -0.164. The van der Waals surface area contributed by atoms with Gasteiger partial charge in [-0.2, -0.15) is 0 Å². The van der Waals surface area contributed by atoms with Gasteiger partial charge in [0.2, 0.25) is 0 Å². The van der Waals surface area contributed by atoms with Crippen LogP contribution in [0, 0.1) is 0 Å². The second-order valence-electron chi connectivity index (χ2n) is 4.41. The molecule has 0 aliphatic carbocycles. The number of carbonyl (C=O) groups excluding carboxylic acids is 1. The predicted molar refractivity (Wildman–Crippen MR) is 63.1 cm³/mol. The van der Waals surface area contributed by atoms with Crippen molar-refractivity contribution in [2.45, 2.75) is 30.8 Å². The van der Waals surface area contributed by atoms with E-state index in [1.807, 2.05) is 6.07 Å². The lowest BCUT2D eigenvalue weighted by Crippen LogP contribution is -2.53. The van der Waals surface area contributed by atoms with Gasteiger partial charge in [-0.05, 0) is 0 Å². The second kappa shape index (κ2) is 5.58. The Bertz CT molecular complexity index is 405. The number of ether oxygens (including phenoxy) is 1. The molecule has 5 heteroatoms. The fourth-order valence-electron chi connectivity index (χ4n) is 1.97. The first kappa shape index (κ1) is 13.2. The number of hydrogen-bond acceptors (Lipinski definition) is 5. The molecule has 1 fully saturated rings. The van der Waals surface area contributed by atoms with Gasteiger partial charge in [0.05, 0.1) is 12.7 Å². The van der Waals surface area contributed by atoms with Crippen LogP contribution >= 0.6 is 0 Å². The Morgan fingerprint density at radius 2 is 1.83 bits per heavy atom. The maximum absolute atomic E-state index is 11.9. The Morgan fingerprint density at radius 1 is 1.17 bits per heavy atom. The van der Waals surface area contributed by atoms with Gasteiger partial charge in [-0.25, -0.2) is 0 Å². The molecule has 5 nitrogen and oxygen atoms in total. The summed E-state index contributed by atoms with van der Waals surface area (Å²) < 4.78 is 5.18. The standard InChI is InChI=1S/C13H16O5/c14-9(8-4-2-1-3-5-8)6-11-13(17)12(16)10(15)7-18-11/h1-5,10-13,15-17H,6-7H2/t10-,11+,12+,13+/m1/s1. The third kappa shape index (κ3) is 2.76. The Labute approximate surface area is 105 Å². The van der Waals surface area contributed by atoms with E-state index in [1.165, 1.54) is 0 Å². The minimum atomic E-state index is -1.27. The molecule has 1 aliphatic heterocycles. The molecule has 1 heterocycles. The molecule has 98 valence electrons. The van der Waals surface area contributed by atoms with E-state index >= 15 is 0 Å². The predicted octanol–water partition coefficient (Wildman–Crippen LogP) is -0.259. The molecule has 18 heavy (non-hydrogen) atoms. The SMILES string of the molecule is O=C(C[C@@H]1OC[C@@H](O)[C@H](O)[C@H]1O)c1ccccc1. The van der Waals surface area contributed by atoms with E-state index in [-0.39, 0.29) is 18.8 Å². The van der Waals surface area contributed by atoms with Crippen molar-refractivity contribution in [3.8, 4) is 0 Å². The largest absolute Gasteiger partial charge is 0.388 e. The number of rotatable bonds is 3. The van der Waals surface area contributed by atoms with Crippen molar-refractivity contribution in [2.24, 2.45) is 0 Å². The molecule has 0 unspecified atom stereocenters. The molecule has 2 rings (SSSR count). The molecule has 0 radical (unpaired) electrons. The maximum atomic E-state index is 11.9. The van der Waals surface area contributed by atoms with Crippen LogP contribution in [0.2, 0.25) is 0 Å². The molecule has 1 aliphatic rings. The zero-order valence-electron chi connectivity index (χ0n) is 9.77.